The van der Waals surface area contributed by atoms with Gasteiger partial charge in [0, 0.05) is 11.1 Å². The van der Waals surface area contributed by atoms with Crippen molar-refractivity contribution in [2.75, 3.05) is 6.61 Å². The number of rotatable bonds is 5. The summed E-state index contributed by atoms with van der Waals surface area (Å²) in [5, 5.41) is 17.6. The van der Waals surface area contributed by atoms with E-state index in [0.717, 1.165) is 16.8 Å². The number of ether oxygens (including phenoxy) is 1. The third kappa shape index (κ3) is 7.77. The summed E-state index contributed by atoms with van der Waals surface area (Å²) in [6, 6.07) is 21.9. The van der Waals surface area contributed by atoms with Crippen LogP contribution in [0.3, 0.4) is 0 Å². The average molecular weight is 617 g/mol. The molecule has 0 aliphatic rings. The molecule has 43 heavy (non-hydrogen) atoms. The zero-order valence-corrected chi connectivity index (χ0v) is 24.4. The maximum absolute atomic E-state index is 12.0. The van der Waals surface area contributed by atoms with Gasteiger partial charge in [-0.15, -0.1) is 0 Å². The van der Waals surface area contributed by atoms with Crippen LogP contribution in [0.2, 0.25) is 10.3 Å². The van der Waals surface area contributed by atoms with E-state index in [1.165, 1.54) is 21.2 Å². The van der Waals surface area contributed by atoms with Gasteiger partial charge in [-0.2, -0.15) is 10.2 Å². The zero-order valence-electron chi connectivity index (χ0n) is 22.8. The molecule has 4 N–H and O–H groups in total. The topological polar surface area (TPSA) is 185 Å². The van der Waals surface area contributed by atoms with Gasteiger partial charge < -0.3 is 20.8 Å². The molecule has 216 valence electrons. The number of esters is 1. The van der Waals surface area contributed by atoms with Gasteiger partial charge in [0.15, 0.2) is 21.6 Å². The second-order valence-electron chi connectivity index (χ2n) is 8.31. The van der Waals surface area contributed by atoms with Crippen molar-refractivity contribution >= 4 is 46.4 Å². The van der Waals surface area contributed by atoms with Crippen molar-refractivity contribution in [3.05, 3.63) is 107 Å². The third-order valence-electron chi connectivity index (χ3n) is 5.66. The standard InChI is InChI=1S/C15H12ClN3O2.C13H8ClN3O2.Li.2H2O/c1-2-21-15(20)11-8-13(16)18-19-9-12(17-14(11)19)10-6-4-3-5-7-10;14-11-6-9(13(18)19)12-15-10(7-17(12)16-11)8-4-2-1-3-5-8;;;/h3-9H,2H2,1H3;1-7H,(H,18,19);;2*1H2/q;;+1;;/p-1. The summed E-state index contributed by atoms with van der Waals surface area (Å²) < 4.78 is 7.91. The van der Waals surface area contributed by atoms with E-state index < -0.39 is 11.9 Å². The average Bonchev–Trinajstić information content (AvgIpc) is 3.58. The van der Waals surface area contributed by atoms with Gasteiger partial charge in [-0.05, 0) is 19.1 Å². The van der Waals surface area contributed by atoms with Crippen LogP contribution in [0.5, 0.6) is 0 Å². The van der Waals surface area contributed by atoms with Gasteiger partial charge in [-0.1, -0.05) is 83.9 Å². The maximum atomic E-state index is 12.0. The molecule has 0 atom stereocenters. The zero-order chi connectivity index (χ0) is 28.2. The Morgan fingerprint density at radius 2 is 1.21 bits per heavy atom. The van der Waals surface area contributed by atoms with Gasteiger partial charge >= 0.3 is 30.8 Å². The first-order valence-electron chi connectivity index (χ1n) is 12.0. The number of benzene rings is 2. The van der Waals surface area contributed by atoms with E-state index in [2.05, 4.69) is 20.2 Å². The van der Waals surface area contributed by atoms with Crippen LogP contribution in [0, 0.1) is 0 Å². The summed E-state index contributed by atoms with van der Waals surface area (Å²) in [6.07, 6.45) is 3.39. The number of aromatic nitrogens is 6. The van der Waals surface area contributed by atoms with Gasteiger partial charge in [0.1, 0.15) is 11.1 Å². The van der Waals surface area contributed by atoms with Crippen molar-refractivity contribution < 1.29 is 49.2 Å². The number of aromatic carboxylic acids is 1. The normalized spacial score (nSPS) is 10.0. The van der Waals surface area contributed by atoms with E-state index in [-0.39, 0.29) is 57.9 Å². The van der Waals surface area contributed by atoms with Crippen LogP contribution in [0.25, 0.3) is 33.8 Å². The molecule has 12 nitrogen and oxygen atoms in total. The quantitative estimate of drug-likeness (QED) is 0.223. The Bertz CT molecular complexity index is 1850. The number of carboxylic acids is 1. The SMILES string of the molecule is CCOC(=O)c1cc(Cl)nn2cc(-c3ccccc3)nc12.O.O=C(O)c1cc(Cl)nn2cc(-c3ccccc3)nc12.[Li+].[OH-]. The number of halogens is 2. The molecule has 0 saturated carbocycles. The van der Waals surface area contributed by atoms with E-state index in [1.807, 2.05) is 60.7 Å². The minimum absolute atomic E-state index is 0. The molecule has 0 saturated heterocycles. The summed E-state index contributed by atoms with van der Waals surface area (Å²) >= 11 is 11.8. The van der Waals surface area contributed by atoms with E-state index in [1.54, 1.807) is 19.3 Å². The van der Waals surface area contributed by atoms with E-state index in [0.29, 0.717) is 16.9 Å². The molecule has 4 aromatic heterocycles. The molecule has 6 rings (SSSR count). The molecule has 0 unspecified atom stereocenters. The smallest absolute Gasteiger partial charge is 0.870 e. The van der Waals surface area contributed by atoms with Crippen LogP contribution in [0.4, 0.5) is 0 Å². The first-order valence-corrected chi connectivity index (χ1v) is 12.7. The predicted octanol–water partition coefficient (Wildman–Crippen LogP) is 1.98. The fourth-order valence-corrected chi connectivity index (χ4v) is 4.29. The van der Waals surface area contributed by atoms with Crippen LogP contribution in [-0.2, 0) is 4.74 Å². The van der Waals surface area contributed by atoms with Gasteiger partial charge in [0.05, 0.1) is 30.4 Å². The molecule has 0 bridgehead atoms. The van der Waals surface area contributed by atoms with Crippen molar-refractivity contribution in [2.24, 2.45) is 0 Å². The molecule has 0 aliphatic carbocycles. The number of imidazole rings is 2. The number of carbonyl (C=O) groups is 2. The summed E-state index contributed by atoms with van der Waals surface area (Å²) in [6.45, 7) is 2.04. The van der Waals surface area contributed by atoms with E-state index in [9.17, 15) is 9.59 Å². The van der Waals surface area contributed by atoms with Crippen molar-refractivity contribution in [1.29, 1.82) is 0 Å². The molecule has 15 heteroatoms. The molecule has 0 amide bonds. The van der Waals surface area contributed by atoms with Crippen LogP contribution < -0.4 is 18.9 Å². The summed E-state index contributed by atoms with van der Waals surface area (Å²) in [7, 11) is 0. The number of hydrogen-bond donors (Lipinski definition) is 1. The molecule has 2 aromatic carbocycles. The number of carbonyl (C=O) groups excluding carboxylic acids is 1. The molecular formula is C28H23Cl2LiN6O6. The fraction of sp³-hybridized carbons (Fsp3) is 0.0714. The predicted molar refractivity (Wildman–Crippen MR) is 155 cm³/mol. The molecule has 0 spiro atoms. The largest absolute Gasteiger partial charge is 1.00 e. The Kier molecular flexibility index (Phi) is 12.4. The van der Waals surface area contributed by atoms with Gasteiger partial charge in [-0.25, -0.2) is 28.6 Å². The minimum atomic E-state index is -1.08. The molecule has 0 radical (unpaired) electrons. The third-order valence-corrected chi connectivity index (χ3v) is 6.03. The van der Waals surface area contributed by atoms with Crippen LogP contribution in [-0.4, -0.2) is 63.8 Å². The number of fused-ring (bicyclic) bond motifs is 2. The number of nitrogens with zero attached hydrogens (tertiary/aromatic N) is 6. The Morgan fingerprint density at radius 3 is 1.63 bits per heavy atom. The molecular weight excluding hydrogens is 594 g/mol. The Labute approximate surface area is 266 Å². The van der Waals surface area contributed by atoms with Gasteiger partial charge in [0.25, 0.3) is 0 Å². The van der Waals surface area contributed by atoms with Crippen molar-refractivity contribution in [1.82, 2.24) is 29.2 Å². The van der Waals surface area contributed by atoms with Crippen molar-refractivity contribution in [3.8, 4) is 22.5 Å². The first kappa shape index (κ1) is 34.9. The maximum Gasteiger partial charge on any atom is 1.00 e. The summed E-state index contributed by atoms with van der Waals surface area (Å²) in [4.78, 5) is 31.9. The van der Waals surface area contributed by atoms with Crippen LogP contribution in [0.1, 0.15) is 27.6 Å². The molecule has 0 fully saturated rings. The Balaban J connectivity index is 0.000000282. The second kappa shape index (κ2) is 15.3. The molecule has 0 aliphatic heterocycles. The molecule has 6 aromatic rings. The number of carboxylic acid groups (broad SMARTS) is 1. The van der Waals surface area contributed by atoms with Crippen molar-refractivity contribution in [2.45, 2.75) is 6.92 Å². The summed E-state index contributed by atoms with van der Waals surface area (Å²) in [5.41, 5.74) is 4.23. The van der Waals surface area contributed by atoms with E-state index in [4.69, 9.17) is 33.0 Å². The first-order chi connectivity index (χ1) is 19.3. The Morgan fingerprint density at radius 1 is 0.791 bits per heavy atom. The van der Waals surface area contributed by atoms with Crippen LogP contribution in [0.15, 0.2) is 85.2 Å². The fourth-order valence-electron chi connectivity index (χ4n) is 3.91. The summed E-state index contributed by atoms with van der Waals surface area (Å²) in [5.74, 6) is -1.54. The van der Waals surface area contributed by atoms with Crippen molar-refractivity contribution in [3.63, 3.8) is 0 Å². The van der Waals surface area contributed by atoms with Crippen LogP contribution >= 0.6 is 23.2 Å². The molecule has 4 heterocycles. The Hall–Kier alpha value is -4.28. The van der Waals surface area contributed by atoms with E-state index >= 15 is 0 Å². The van der Waals surface area contributed by atoms with Gasteiger partial charge in [-0.3, -0.25) is 0 Å². The monoisotopic (exact) mass is 616 g/mol. The second-order valence-corrected chi connectivity index (χ2v) is 9.08. The van der Waals surface area contributed by atoms with Gasteiger partial charge in [0.2, 0.25) is 0 Å². The minimum Gasteiger partial charge on any atom is -0.870 e. The number of hydrogen-bond acceptors (Lipinski definition) is 8.